The van der Waals surface area contributed by atoms with Crippen LogP contribution in [0.3, 0.4) is 0 Å². The molecule has 0 saturated carbocycles. The Morgan fingerprint density at radius 3 is 2.66 bits per heavy atom. The molecule has 2 amide bonds. The molecular weight excluding hydrogens is 444 g/mol. The summed E-state index contributed by atoms with van der Waals surface area (Å²) in [5, 5.41) is 2.60. The first-order valence-corrected chi connectivity index (χ1v) is 9.73. The minimum atomic E-state index is -1.15. The van der Waals surface area contributed by atoms with Gasteiger partial charge in [-0.2, -0.15) is 0 Å². The lowest BCUT2D eigenvalue weighted by Gasteiger charge is -2.36. The van der Waals surface area contributed by atoms with Gasteiger partial charge in [-0.05, 0) is 17.7 Å². The predicted molar refractivity (Wildman–Crippen MR) is 106 cm³/mol. The summed E-state index contributed by atoms with van der Waals surface area (Å²) in [6.07, 6.45) is 1.88. The molecule has 0 bridgehead atoms. The van der Waals surface area contributed by atoms with Gasteiger partial charge in [-0.25, -0.2) is 14.6 Å². The minimum absolute atomic E-state index is 0.320. The van der Waals surface area contributed by atoms with Gasteiger partial charge >= 0.3 is 18.0 Å². The summed E-state index contributed by atoms with van der Waals surface area (Å²) < 4.78 is 10.2. The molecule has 154 valence electrons. The maximum atomic E-state index is 13.1. The molecule has 10 heteroatoms. The fourth-order valence-corrected chi connectivity index (χ4v) is 3.56. The summed E-state index contributed by atoms with van der Waals surface area (Å²) in [5.41, 5.74) is 2.58. The molecule has 0 spiro atoms. The number of methoxy groups -OCH3 is 2. The molecule has 2 aromatic rings. The Kier molecular flexibility index (Phi) is 6.53. The SMILES string of the molecule is COC(=O)C[C@H](NC(=O)N1CCc2[nH]cnc2C1c1ccc(Br)cc1)C(=O)OC. The zero-order valence-corrected chi connectivity index (χ0v) is 17.6. The summed E-state index contributed by atoms with van der Waals surface area (Å²) in [4.78, 5) is 45.9. The van der Waals surface area contributed by atoms with E-state index in [-0.39, 0.29) is 6.42 Å². The molecule has 2 atom stereocenters. The Morgan fingerprint density at radius 2 is 2.00 bits per heavy atom. The molecule has 0 fully saturated rings. The van der Waals surface area contributed by atoms with Crippen LogP contribution >= 0.6 is 15.9 Å². The second-order valence-corrected chi connectivity index (χ2v) is 7.38. The number of carbonyl (C=O) groups excluding carboxylic acids is 3. The van der Waals surface area contributed by atoms with Crippen LogP contribution in [0.1, 0.15) is 29.4 Å². The number of hydrogen-bond acceptors (Lipinski definition) is 6. The Bertz CT molecular complexity index is 898. The molecule has 3 rings (SSSR count). The van der Waals surface area contributed by atoms with Gasteiger partial charge in [-0.15, -0.1) is 0 Å². The molecule has 0 saturated heterocycles. The monoisotopic (exact) mass is 464 g/mol. The van der Waals surface area contributed by atoms with E-state index in [4.69, 9.17) is 4.74 Å². The maximum absolute atomic E-state index is 13.1. The van der Waals surface area contributed by atoms with E-state index in [1.54, 1.807) is 11.2 Å². The highest BCUT2D eigenvalue weighted by Gasteiger charge is 2.36. The van der Waals surface area contributed by atoms with Crippen molar-refractivity contribution in [1.29, 1.82) is 0 Å². The normalized spacial score (nSPS) is 16.5. The fraction of sp³-hybridized carbons (Fsp3) is 0.368. The number of H-pyrrole nitrogens is 1. The van der Waals surface area contributed by atoms with Crippen LogP contribution < -0.4 is 5.32 Å². The molecule has 1 aromatic heterocycles. The van der Waals surface area contributed by atoms with E-state index in [0.29, 0.717) is 13.0 Å². The maximum Gasteiger partial charge on any atom is 0.329 e. The van der Waals surface area contributed by atoms with Crippen molar-refractivity contribution in [3.8, 4) is 0 Å². The average molecular weight is 465 g/mol. The van der Waals surface area contributed by atoms with Crippen molar-refractivity contribution in [3.05, 3.63) is 52.0 Å². The van der Waals surface area contributed by atoms with Gasteiger partial charge in [0, 0.05) is 23.1 Å². The number of halogens is 1. The van der Waals surface area contributed by atoms with Crippen LogP contribution in [0.15, 0.2) is 35.1 Å². The average Bonchev–Trinajstić information content (AvgIpc) is 3.21. The summed E-state index contributed by atoms with van der Waals surface area (Å²) in [6, 6.07) is 5.52. The van der Waals surface area contributed by atoms with E-state index < -0.39 is 30.1 Å². The number of amides is 2. The van der Waals surface area contributed by atoms with Gasteiger partial charge in [0.25, 0.3) is 0 Å². The number of nitrogens with zero attached hydrogens (tertiary/aromatic N) is 2. The first-order chi connectivity index (χ1) is 13.9. The zero-order valence-electron chi connectivity index (χ0n) is 16.0. The van der Waals surface area contributed by atoms with Crippen molar-refractivity contribution in [2.45, 2.75) is 24.9 Å². The van der Waals surface area contributed by atoms with Crippen LogP contribution in [0.2, 0.25) is 0 Å². The Balaban J connectivity index is 1.88. The number of nitrogens with one attached hydrogen (secondary N) is 2. The van der Waals surface area contributed by atoms with Crippen molar-refractivity contribution >= 4 is 33.9 Å². The largest absolute Gasteiger partial charge is 0.469 e. The van der Waals surface area contributed by atoms with Crippen LogP contribution in [0.5, 0.6) is 0 Å². The molecule has 1 aliphatic rings. The summed E-state index contributed by atoms with van der Waals surface area (Å²) in [6.45, 7) is 0.411. The molecule has 1 aromatic carbocycles. The van der Waals surface area contributed by atoms with Gasteiger partial charge in [0.1, 0.15) is 12.1 Å². The summed E-state index contributed by atoms with van der Waals surface area (Å²) in [5.74, 6) is -1.35. The Morgan fingerprint density at radius 1 is 1.28 bits per heavy atom. The van der Waals surface area contributed by atoms with Gasteiger partial charge in [-0.3, -0.25) is 4.79 Å². The quantitative estimate of drug-likeness (QED) is 0.653. The second kappa shape index (κ2) is 9.08. The number of aromatic amines is 1. The van der Waals surface area contributed by atoms with E-state index in [9.17, 15) is 14.4 Å². The summed E-state index contributed by atoms with van der Waals surface area (Å²) >= 11 is 3.41. The third kappa shape index (κ3) is 4.58. The van der Waals surface area contributed by atoms with E-state index in [1.165, 1.54) is 14.2 Å². The van der Waals surface area contributed by atoms with Gasteiger partial charge in [0.05, 0.1) is 32.7 Å². The van der Waals surface area contributed by atoms with Crippen LogP contribution in [0.25, 0.3) is 0 Å². The molecular formula is C19H21BrN4O5. The Labute approximate surface area is 175 Å². The van der Waals surface area contributed by atoms with E-state index in [2.05, 4.69) is 36.0 Å². The lowest BCUT2D eigenvalue weighted by Crippen LogP contribution is -2.52. The topological polar surface area (TPSA) is 114 Å². The minimum Gasteiger partial charge on any atom is -0.469 e. The number of carbonyl (C=O) groups is 3. The second-order valence-electron chi connectivity index (χ2n) is 6.47. The van der Waals surface area contributed by atoms with E-state index in [0.717, 1.165) is 21.4 Å². The lowest BCUT2D eigenvalue weighted by atomic mass is 9.96. The van der Waals surface area contributed by atoms with Crippen LogP contribution in [0.4, 0.5) is 4.79 Å². The zero-order chi connectivity index (χ0) is 21.0. The smallest absolute Gasteiger partial charge is 0.329 e. The number of benzene rings is 1. The highest BCUT2D eigenvalue weighted by atomic mass is 79.9. The van der Waals surface area contributed by atoms with Crippen LogP contribution in [0, 0.1) is 0 Å². The van der Waals surface area contributed by atoms with Gasteiger partial charge in [0.15, 0.2) is 0 Å². The molecule has 9 nitrogen and oxygen atoms in total. The van der Waals surface area contributed by atoms with Crippen molar-refractivity contribution in [1.82, 2.24) is 20.2 Å². The first kappa shape index (κ1) is 20.8. The third-order valence-electron chi connectivity index (χ3n) is 4.75. The molecule has 0 radical (unpaired) electrons. The van der Waals surface area contributed by atoms with Gasteiger partial charge < -0.3 is 24.7 Å². The molecule has 29 heavy (non-hydrogen) atoms. The van der Waals surface area contributed by atoms with Crippen molar-refractivity contribution in [2.75, 3.05) is 20.8 Å². The summed E-state index contributed by atoms with van der Waals surface area (Å²) in [7, 11) is 2.41. The van der Waals surface area contributed by atoms with E-state index in [1.807, 2.05) is 24.3 Å². The van der Waals surface area contributed by atoms with Gasteiger partial charge in [-0.1, -0.05) is 28.1 Å². The molecule has 1 unspecified atom stereocenters. The predicted octanol–water partition coefficient (Wildman–Crippen LogP) is 1.93. The number of fused-ring (bicyclic) bond motifs is 1. The van der Waals surface area contributed by atoms with Crippen molar-refractivity contribution in [2.24, 2.45) is 0 Å². The highest BCUT2D eigenvalue weighted by Crippen LogP contribution is 2.33. The van der Waals surface area contributed by atoms with Crippen LogP contribution in [-0.4, -0.2) is 59.6 Å². The van der Waals surface area contributed by atoms with Crippen molar-refractivity contribution in [3.63, 3.8) is 0 Å². The standard InChI is InChI=1S/C19H21BrN4O5/c1-28-15(25)9-14(18(26)29-2)23-19(27)24-8-7-13-16(22-10-21-13)17(24)11-3-5-12(20)6-4-11/h3-6,10,14,17H,7-9H2,1-2H3,(H,21,22)(H,23,27)/t14-,17?/m0/s1. The number of aromatic nitrogens is 2. The number of ether oxygens (including phenoxy) is 2. The molecule has 0 aliphatic carbocycles. The Hall–Kier alpha value is -2.88. The first-order valence-electron chi connectivity index (χ1n) is 8.94. The fourth-order valence-electron chi connectivity index (χ4n) is 3.30. The van der Waals surface area contributed by atoms with Crippen molar-refractivity contribution < 1.29 is 23.9 Å². The number of urea groups is 1. The highest BCUT2D eigenvalue weighted by molar-refractivity contribution is 9.10. The number of imidazole rings is 1. The van der Waals surface area contributed by atoms with E-state index >= 15 is 0 Å². The van der Waals surface area contributed by atoms with Gasteiger partial charge in [0.2, 0.25) is 0 Å². The molecule has 1 aliphatic heterocycles. The van der Waals surface area contributed by atoms with Crippen LogP contribution in [-0.2, 0) is 25.5 Å². The number of hydrogen-bond donors (Lipinski definition) is 2. The number of rotatable bonds is 5. The third-order valence-corrected chi connectivity index (χ3v) is 5.28. The molecule has 2 heterocycles. The number of esters is 2. The lowest BCUT2D eigenvalue weighted by molar-refractivity contribution is -0.149. The molecule has 2 N–H and O–H groups in total.